The van der Waals surface area contributed by atoms with Crippen LogP contribution in [0.5, 0.6) is 5.75 Å². The predicted molar refractivity (Wildman–Crippen MR) is 90.6 cm³/mol. The van der Waals surface area contributed by atoms with Gasteiger partial charge in [-0.3, -0.25) is 0 Å². The Morgan fingerprint density at radius 1 is 1.27 bits per heavy atom. The van der Waals surface area contributed by atoms with Crippen molar-refractivity contribution in [3.63, 3.8) is 0 Å². The Morgan fingerprint density at radius 2 is 1.92 bits per heavy atom. The zero-order valence-corrected chi connectivity index (χ0v) is 15.9. The van der Waals surface area contributed by atoms with Crippen LogP contribution < -0.4 is 4.74 Å². The first-order chi connectivity index (χ1) is 12.1. The fraction of sp³-hybridized carbons (Fsp3) is 0.312. The van der Waals surface area contributed by atoms with Crippen LogP contribution in [0.3, 0.4) is 0 Å². The molecular weight excluding hydrogens is 446 g/mol. The molecule has 0 N–H and O–H groups in total. The molecule has 0 radical (unpaired) electrons. The lowest BCUT2D eigenvalue weighted by Gasteiger charge is -2.11. The Kier molecular flexibility index (Phi) is 6.23. The van der Waals surface area contributed by atoms with E-state index in [9.17, 15) is 22.4 Å². The van der Waals surface area contributed by atoms with E-state index in [0.717, 1.165) is 22.8 Å². The molecule has 1 heterocycles. The molecule has 0 fully saturated rings. The smallest absolute Gasteiger partial charge is 0.431 e. The number of alkyl halides is 3. The summed E-state index contributed by atoms with van der Waals surface area (Å²) in [5.41, 5.74) is -1.15. The molecule has 0 unspecified atom stereocenters. The summed E-state index contributed by atoms with van der Waals surface area (Å²) in [7, 11) is 1.20. The molecule has 0 amide bonds. The van der Waals surface area contributed by atoms with Crippen LogP contribution in [-0.2, 0) is 22.8 Å². The van der Waals surface area contributed by atoms with Crippen LogP contribution in [-0.4, -0.2) is 23.8 Å². The summed E-state index contributed by atoms with van der Waals surface area (Å²) in [6.45, 7) is 1.30. The zero-order valence-electron chi connectivity index (χ0n) is 13.6. The number of hydrogen-bond donors (Lipinski definition) is 0. The molecule has 26 heavy (non-hydrogen) atoms. The van der Waals surface area contributed by atoms with Crippen LogP contribution in [0.4, 0.5) is 17.6 Å². The fourth-order valence-corrected chi connectivity index (χ4v) is 2.95. The van der Waals surface area contributed by atoms with E-state index < -0.39 is 30.3 Å². The van der Waals surface area contributed by atoms with Gasteiger partial charge in [0.1, 0.15) is 17.3 Å². The molecule has 0 saturated heterocycles. The Morgan fingerprint density at radius 3 is 2.46 bits per heavy atom. The lowest BCUT2D eigenvalue weighted by Crippen LogP contribution is -2.14. The van der Waals surface area contributed by atoms with Crippen molar-refractivity contribution in [2.75, 3.05) is 13.2 Å². The van der Waals surface area contributed by atoms with Crippen molar-refractivity contribution >= 4 is 33.5 Å². The average Bonchev–Trinajstić information content (AvgIpc) is 2.83. The SMILES string of the molecule is CCOC(=O)COc1cc(-c2cc(C(F)(F)F)n(C)c2Br)c(F)cc1Cl. The number of rotatable bonds is 5. The first kappa shape index (κ1) is 20.6. The van der Waals surface area contributed by atoms with Gasteiger partial charge < -0.3 is 14.0 Å². The predicted octanol–water partition coefficient (Wildman–Crippen LogP) is 5.21. The molecule has 0 bridgehead atoms. The molecule has 0 aliphatic heterocycles. The number of benzene rings is 1. The lowest BCUT2D eigenvalue weighted by atomic mass is 10.1. The molecule has 0 aliphatic carbocycles. The van der Waals surface area contributed by atoms with E-state index in [2.05, 4.69) is 15.9 Å². The first-order valence-electron chi connectivity index (χ1n) is 7.26. The van der Waals surface area contributed by atoms with E-state index in [1.807, 2.05) is 0 Å². The number of halogens is 6. The minimum absolute atomic E-state index is 0.0300. The zero-order chi connectivity index (χ0) is 19.6. The number of carbonyl (C=O) groups excluding carboxylic acids is 1. The van der Waals surface area contributed by atoms with Gasteiger partial charge in [0.15, 0.2) is 6.61 Å². The molecule has 2 aromatic rings. The Hall–Kier alpha value is -1.74. The average molecular weight is 459 g/mol. The van der Waals surface area contributed by atoms with Crippen molar-refractivity contribution in [2.45, 2.75) is 13.1 Å². The van der Waals surface area contributed by atoms with Crippen molar-refractivity contribution in [2.24, 2.45) is 7.05 Å². The van der Waals surface area contributed by atoms with Crippen molar-refractivity contribution in [1.82, 2.24) is 4.57 Å². The number of ether oxygens (including phenoxy) is 2. The largest absolute Gasteiger partial charge is 0.480 e. The number of esters is 1. The lowest BCUT2D eigenvalue weighted by molar-refractivity contribution is -0.145. The molecule has 1 aromatic carbocycles. The summed E-state index contributed by atoms with van der Waals surface area (Å²) < 4.78 is 64.2. The summed E-state index contributed by atoms with van der Waals surface area (Å²) in [6.07, 6.45) is -4.61. The first-order valence-corrected chi connectivity index (χ1v) is 8.43. The van der Waals surface area contributed by atoms with Gasteiger partial charge >= 0.3 is 12.1 Å². The van der Waals surface area contributed by atoms with Gasteiger partial charge in [-0.15, -0.1) is 0 Å². The quantitative estimate of drug-likeness (QED) is 0.456. The van der Waals surface area contributed by atoms with Gasteiger partial charge in [0.25, 0.3) is 0 Å². The molecular formula is C16H13BrClF4NO3. The molecule has 0 atom stereocenters. The summed E-state index contributed by atoms with van der Waals surface area (Å²) in [6, 6.07) is 2.85. The van der Waals surface area contributed by atoms with E-state index in [-0.39, 0.29) is 33.1 Å². The van der Waals surface area contributed by atoms with Gasteiger partial charge in [0.05, 0.1) is 16.2 Å². The van der Waals surface area contributed by atoms with Crippen molar-refractivity contribution in [3.05, 3.63) is 39.3 Å². The minimum Gasteiger partial charge on any atom is -0.480 e. The third-order valence-corrected chi connectivity index (χ3v) is 4.67. The monoisotopic (exact) mass is 457 g/mol. The summed E-state index contributed by atoms with van der Waals surface area (Å²) in [4.78, 5) is 11.4. The Labute approximate surface area is 159 Å². The third kappa shape index (κ3) is 4.32. The van der Waals surface area contributed by atoms with Crippen LogP contribution in [0, 0.1) is 5.82 Å². The number of nitrogens with zero attached hydrogens (tertiary/aromatic N) is 1. The van der Waals surface area contributed by atoms with Gasteiger partial charge in [0, 0.05) is 18.2 Å². The maximum Gasteiger partial charge on any atom is 0.431 e. The molecule has 2 rings (SSSR count). The molecule has 1 aromatic heterocycles. The van der Waals surface area contributed by atoms with Crippen LogP contribution in [0.1, 0.15) is 12.6 Å². The number of aromatic nitrogens is 1. The Balaban J connectivity index is 2.45. The highest BCUT2D eigenvalue weighted by molar-refractivity contribution is 9.10. The maximum atomic E-state index is 14.3. The summed E-state index contributed by atoms with van der Waals surface area (Å²) in [5, 5.41) is -0.126. The van der Waals surface area contributed by atoms with Crippen LogP contribution in [0.2, 0.25) is 5.02 Å². The Bertz CT molecular complexity index is 836. The molecule has 142 valence electrons. The van der Waals surface area contributed by atoms with E-state index >= 15 is 0 Å². The summed E-state index contributed by atoms with van der Waals surface area (Å²) >= 11 is 8.92. The van der Waals surface area contributed by atoms with Gasteiger partial charge in [-0.25, -0.2) is 9.18 Å². The highest BCUT2D eigenvalue weighted by Crippen LogP contribution is 2.41. The highest BCUT2D eigenvalue weighted by atomic mass is 79.9. The van der Waals surface area contributed by atoms with E-state index in [0.29, 0.717) is 0 Å². The highest BCUT2D eigenvalue weighted by Gasteiger charge is 2.36. The van der Waals surface area contributed by atoms with E-state index in [1.54, 1.807) is 6.92 Å². The maximum absolute atomic E-state index is 14.3. The molecule has 0 saturated carbocycles. The second kappa shape index (κ2) is 7.87. The van der Waals surface area contributed by atoms with Gasteiger partial charge in [-0.05, 0) is 41.1 Å². The molecule has 10 heteroatoms. The minimum atomic E-state index is -4.61. The molecule has 0 spiro atoms. The topological polar surface area (TPSA) is 40.5 Å². The van der Waals surface area contributed by atoms with E-state index in [4.69, 9.17) is 21.1 Å². The molecule has 4 nitrogen and oxygen atoms in total. The second-order valence-corrected chi connectivity index (χ2v) is 6.31. The standard InChI is InChI=1S/C16H13BrClF4NO3/c1-3-25-14(24)7-26-12-4-8(11(19)6-10(12)18)9-5-13(16(20,21)22)23(2)15(9)17/h4-6H,3,7H2,1-2H3. The van der Waals surface area contributed by atoms with Crippen molar-refractivity contribution in [1.29, 1.82) is 0 Å². The van der Waals surface area contributed by atoms with Crippen LogP contribution in [0.25, 0.3) is 11.1 Å². The van der Waals surface area contributed by atoms with Crippen molar-refractivity contribution < 1.29 is 31.8 Å². The van der Waals surface area contributed by atoms with Crippen LogP contribution in [0.15, 0.2) is 22.8 Å². The third-order valence-electron chi connectivity index (χ3n) is 3.41. The van der Waals surface area contributed by atoms with E-state index in [1.165, 1.54) is 7.05 Å². The van der Waals surface area contributed by atoms with Gasteiger partial charge in [-0.1, -0.05) is 11.6 Å². The van der Waals surface area contributed by atoms with Crippen molar-refractivity contribution in [3.8, 4) is 16.9 Å². The normalized spacial score (nSPS) is 11.5. The second-order valence-electron chi connectivity index (χ2n) is 5.15. The van der Waals surface area contributed by atoms with Gasteiger partial charge in [0.2, 0.25) is 0 Å². The number of carbonyl (C=O) groups is 1. The van der Waals surface area contributed by atoms with Crippen LogP contribution >= 0.6 is 27.5 Å². The summed E-state index contributed by atoms with van der Waals surface area (Å²) in [5.74, 6) is -1.55. The fourth-order valence-electron chi connectivity index (χ4n) is 2.23. The van der Waals surface area contributed by atoms with Gasteiger partial charge in [-0.2, -0.15) is 13.2 Å². The molecule has 0 aliphatic rings. The number of hydrogen-bond acceptors (Lipinski definition) is 3.